The fourth-order valence-corrected chi connectivity index (χ4v) is 3.98. The average molecular weight is 265 g/mol. The Labute approximate surface area is 109 Å². The summed E-state index contributed by atoms with van der Waals surface area (Å²) >= 11 is 0. The summed E-state index contributed by atoms with van der Waals surface area (Å²) in [7, 11) is -3.38. The van der Waals surface area contributed by atoms with Gasteiger partial charge >= 0.3 is 0 Å². The first-order chi connectivity index (χ1) is 8.55. The molecule has 2 rings (SSSR count). The van der Waals surface area contributed by atoms with Gasteiger partial charge in [0.2, 0.25) is 10.0 Å². The molecule has 1 aromatic rings. The monoisotopic (exact) mass is 265 g/mol. The molecule has 1 aliphatic heterocycles. The van der Waals surface area contributed by atoms with E-state index in [-0.39, 0.29) is 6.04 Å². The molecule has 0 radical (unpaired) electrons. The lowest BCUT2D eigenvalue weighted by Gasteiger charge is -2.32. The Balaban J connectivity index is 2.34. The number of benzene rings is 1. The Morgan fingerprint density at radius 1 is 1.28 bits per heavy atom. The number of nitrogens with zero attached hydrogens (tertiary/aromatic N) is 1. The molecule has 0 aliphatic carbocycles. The molecule has 0 saturated carbocycles. The molecular formula is C14H19NO2S. The summed E-state index contributed by atoms with van der Waals surface area (Å²) in [6, 6.07) is 6.96. The molecule has 0 spiro atoms. The molecule has 1 saturated heterocycles. The fourth-order valence-electron chi connectivity index (χ4n) is 2.31. The van der Waals surface area contributed by atoms with E-state index in [1.165, 1.54) is 0 Å². The van der Waals surface area contributed by atoms with E-state index in [0.29, 0.717) is 11.4 Å². The average Bonchev–Trinajstić information content (AvgIpc) is 2.39. The number of hydrogen-bond donors (Lipinski definition) is 0. The second-order valence-corrected chi connectivity index (χ2v) is 6.62. The topological polar surface area (TPSA) is 37.4 Å². The first-order valence-corrected chi connectivity index (χ1v) is 7.71. The van der Waals surface area contributed by atoms with Gasteiger partial charge in [0.05, 0.1) is 4.90 Å². The van der Waals surface area contributed by atoms with E-state index in [0.717, 1.165) is 24.8 Å². The van der Waals surface area contributed by atoms with Crippen LogP contribution in [0.4, 0.5) is 0 Å². The summed E-state index contributed by atoms with van der Waals surface area (Å²) in [5, 5.41) is 0. The van der Waals surface area contributed by atoms with Gasteiger partial charge in [0, 0.05) is 12.6 Å². The molecule has 1 heterocycles. The zero-order valence-electron chi connectivity index (χ0n) is 10.7. The maximum Gasteiger partial charge on any atom is 0.243 e. The third-order valence-electron chi connectivity index (χ3n) is 3.40. The largest absolute Gasteiger partial charge is 0.243 e. The molecule has 1 aromatic carbocycles. The van der Waals surface area contributed by atoms with E-state index in [2.05, 4.69) is 6.58 Å². The standard InChI is InChI=1S/C14H19NO2S/c1-3-13-6-4-5-11-15(13)18(16,17)14-9-7-12(2)8-10-14/h3,7-10,13H,1,4-6,11H2,2H3/t13-/m1/s1. The Morgan fingerprint density at radius 2 is 1.94 bits per heavy atom. The van der Waals surface area contributed by atoms with Gasteiger partial charge in [-0.25, -0.2) is 8.42 Å². The van der Waals surface area contributed by atoms with Crippen molar-refractivity contribution in [1.29, 1.82) is 0 Å². The van der Waals surface area contributed by atoms with Crippen LogP contribution in [-0.2, 0) is 10.0 Å². The summed E-state index contributed by atoms with van der Waals surface area (Å²) in [5.74, 6) is 0. The maximum absolute atomic E-state index is 12.5. The van der Waals surface area contributed by atoms with Gasteiger partial charge in [0.25, 0.3) is 0 Å². The third-order valence-corrected chi connectivity index (χ3v) is 5.34. The normalized spacial score (nSPS) is 21.7. The van der Waals surface area contributed by atoms with Crippen LogP contribution in [-0.4, -0.2) is 25.3 Å². The van der Waals surface area contributed by atoms with Crippen molar-refractivity contribution in [3.63, 3.8) is 0 Å². The minimum atomic E-state index is -3.38. The summed E-state index contributed by atoms with van der Waals surface area (Å²) in [6.45, 7) is 6.29. The van der Waals surface area contributed by atoms with E-state index in [1.807, 2.05) is 19.1 Å². The molecule has 0 aromatic heterocycles. The van der Waals surface area contributed by atoms with Crippen LogP contribution in [0.2, 0.25) is 0 Å². The minimum Gasteiger partial charge on any atom is -0.207 e. The van der Waals surface area contributed by atoms with Crippen molar-refractivity contribution in [2.45, 2.75) is 37.1 Å². The van der Waals surface area contributed by atoms with Gasteiger partial charge in [-0.05, 0) is 31.9 Å². The van der Waals surface area contributed by atoms with Crippen molar-refractivity contribution >= 4 is 10.0 Å². The summed E-state index contributed by atoms with van der Waals surface area (Å²) in [6.07, 6.45) is 4.60. The molecule has 0 unspecified atom stereocenters. The summed E-state index contributed by atoms with van der Waals surface area (Å²) in [5.41, 5.74) is 1.06. The van der Waals surface area contributed by atoms with Gasteiger partial charge in [0.1, 0.15) is 0 Å². The van der Waals surface area contributed by atoms with E-state index in [4.69, 9.17) is 0 Å². The number of hydrogen-bond acceptors (Lipinski definition) is 2. The van der Waals surface area contributed by atoms with Crippen molar-refractivity contribution in [1.82, 2.24) is 4.31 Å². The van der Waals surface area contributed by atoms with Crippen LogP contribution in [0, 0.1) is 6.92 Å². The highest BCUT2D eigenvalue weighted by Crippen LogP contribution is 2.25. The minimum absolute atomic E-state index is 0.0648. The second kappa shape index (κ2) is 5.24. The molecule has 98 valence electrons. The molecular weight excluding hydrogens is 246 g/mol. The predicted molar refractivity (Wildman–Crippen MR) is 72.9 cm³/mol. The lowest BCUT2D eigenvalue weighted by Crippen LogP contribution is -2.42. The quantitative estimate of drug-likeness (QED) is 0.788. The Bertz CT molecular complexity index is 519. The van der Waals surface area contributed by atoms with Crippen molar-refractivity contribution in [2.75, 3.05) is 6.54 Å². The zero-order valence-corrected chi connectivity index (χ0v) is 11.5. The fraction of sp³-hybridized carbons (Fsp3) is 0.429. The number of piperidine rings is 1. The van der Waals surface area contributed by atoms with Gasteiger partial charge in [-0.2, -0.15) is 4.31 Å². The molecule has 1 fully saturated rings. The number of rotatable bonds is 3. The summed E-state index contributed by atoms with van der Waals surface area (Å²) in [4.78, 5) is 0.377. The van der Waals surface area contributed by atoms with Crippen LogP contribution in [0.5, 0.6) is 0 Å². The van der Waals surface area contributed by atoms with Crippen LogP contribution in [0.15, 0.2) is 41.8 Å². The lowest BCUT2D eigenvalue weighted by atomic mass is 10.1. The Morgan fingerprint density at radius 3 is 2.56 bits per heavy atom. The highest BCUT2D eigenvalue weighted by molar-refractivity contribution is 7.89. The SMILES string of the molecule is C=C[C@@H]1CCCCN1S(=O)(=O)c1ccc(C)cc1. The highest BCUT2D eigenvalue weighted by Gasteiger charge is 2.31. The van der Waals surface area contributed by atoms with Gasteiger partial charge in [0.15, 0.2) is 0 Å². The third kappa shape index (κ3) is 2.49. The van der Waals surface area contributed by atoms with Crippen LogP contribution in [0.1, 0.15) is 24.8 Å². The van der Waals surface area contributed by atoms with Gasteiger partial charge in [-0.1, -0.05) is 30.2 Å². The van der Waals surface area contributed by atoms with Crippen LogP contribution >= 0.6 is 0 Å². The number of sulfonamides is 1. The Hall–Kier alpha value is -1.13. The molecule has 0 amide bonds. The van der Waals surface area contributed by atoms with Crippen molar-refractivity contribution in [3.05, 3.63) is 42.5 Å². The number of aryl methyl sites for hydroxylation is 1. The highest BCUT2D eigenvalue weighted by atomic mass is 32.2. The maximum atomic E-state index is 12.5. The molecule has 3 nitrogen and oxygen atoms in total. The molecule has 0 bridgehead atoms. The van der Waals surface area contributed by atoms with Gasteiger partial charge in [-0.15, -0.1) is 6.58 Å². The predicted octanol–water partition coefficient (Wildman–Crippen LogP) is 2.72. The Kier molecular flexibility index (Phi) is 3.88. The van der Waals surface area contributed by atoms with Crippen molar-refractivity contribution < 1.29 is 8.42 Å². The van der Waals surface area contributed by atoms with Crippen LogP contribution < -0.4 is 0 Å². The van der Waals surface area contributed by atoms with E-state index >= 15 is 0 Å². The molecule has 4 heteroatoms. The summed E-state index contributed by atoms with van der Waals surface area (Å²) < 4.78 is 26.7. The first-order valence-electron chi connectivity index (χ1n) is 6.27. The first kappa shape index (κ1) is 13.3. The molecule has 1 atom stereocenters. The molecule has 1 aliphatic rings. The van der Waals surface area contributed by atoms with Crippen molar-refractivity contribution in [2.24, 2.45) is 0 Å². The van der Waals surface area contributed by atoms with Crippen LogP contribution in [0.25, 0.3) is 0 Å². The van der Waals surface area contributed by atoms with Gasteiger partial charge < -0.3 is 0 Å². The van der Waals surface area contributed by atoms with E-state index < -0.39 is 10.0 Å². The van der Waals surface area contributed by atoms with Gasteiger partial charge in [-0.3, -0.25) is 0 Å². The van der Waals surface area contributed by atoms with Crippen molar-refractivity contribution in [3.8, 4) is 0 Å². The van der Waals surface area contributed by atoms with Crippen LogP contribution in [0.3, 0.4) is 0 Å². The van der Waals surface area contributed by atoms with E-state index in [9.17, 15) is 8.42 Å². The molecule has 0 N–H and O–H groups in total. The molecule has 18 heavy (non-hydrogen) atoms. The second-order valence-electron chi connectivity index (χ2n) is 4.73. The zero-order chi connectivity index (χ0) is 13.2. The smallest absolute Gasteiger partial charge is 0.207 e. The van der Waals surface area contributed by atoms with E-state index in [1.54, 1.807) is 22.5 Å². The lowest BCUT2D eigenvalue weighted by molar-refractivity contribution is 0.292.